The van der Waals surface area contributed by atoms with E-state index in [2.05, 4.69) is 66.6 Å². The van der Waals surface area contributed by atoms with Crippen LogP contribution in [0, 0.1) is 5.41 Å². The van der Waals surface area contributed by atoms with Gasteiger partial charge in [0, 0.05) is 6.04 Å². The number of benzene rings is 1. The first-order valence-corrected chi connectivity index (χ1v) is 6.94. The topological polar surface area (TPSA) is 23.5 Å². The monoisotopic (exact) mass is 263 g/mol. The van der Waals surface area contributed by atoms with Crippen molar-refractivity contribution in [3.63, 3.8) is 0 Å². The standard InChI is InChI=1S/C17H29NO/c1-16(2,3)14-11-12(19)9-10-13(14)15(18(7)8)17(4,5)6/h9-11,15,19H,1-8H3. The highest BCUT2D eigenvalue weighted by molar-refractivity contribution is 5.41. The number of nitrogens with zero attached hydrogens (tertiary/aromatic N) is 1. The van der Waals surface area contributed by atoms with E-state index < -0.39 is 0 Å². The summed E-state index contributed by atoms with van der Waals surface area (Å²) >= 11 is 0. The third-order valence-corrected chi connectivity index (χ3v) is 3.48. The first-order chi connectivity index (χ1) is 8.44. The van der Waals surface area contributed by atoms with E-state index in [-0.39, 0.29) is 10.8 Å². The minimum Gasteiger partial charge on any atom is -0.508 e. The minimum absolute atomic E-state index is 0.0214. The molecule has 0 amide bonds. The number of hydrogen-bond acceptors (Lipinski definition) is 2. The van der Waals surface area contributed by atoms with Crippen LogP contribution in [-0.4, -0.2) is 24.1 Å². The molecule has 0 radical (unpaired) electrons. The van der Waals surface area contributed by atoms with Crippen LogP contribution in [0.15, 0.2) is 18.2 Å². The van der Waals surface area contributed by atoms with Crippen molar-refractivity contribution >= 4 is 0 Å². The zero-order valence-electron chi connectivity index (χ0n) is 13.7. The second-order valence-corrected chi connectivity index (χ2v) is 7.75. The van der Waals surface area contributed by atoms with Crippen molar-refractivity contribution in [2.24, 2.45) is 5.41 Å². The molecule has 19 heavy (non-hydrogen) atoms. The van der Waals surface area contributed by atoms with E-state index in [1.807, 2.05) is 6.07 Å². The third kappa shape index (κ3) is 3.73. The summed E-state index contributed by atoms with van der Waals surface area (Å²) in [5, 5.41) is 9.81. The maximum Gasteiger partial charge on any atom is 0.115 e. The molecule has 0 aliphatic rings. The van der Waals surface area contributed by atoms with Crippen LogP contribution in [0.4, 0.5) is 0 Å². The van der Waals surface area contributed by atoms with Gasteiger partial charge < -0.3 is 10.0 Å². The number of phenolic OH excluding ortho intramolecular Hbond substituents is 1. The third-order valence-electron chi connectivity index (χ3n) is 3.48. The fourth-order valence-corrected chi connectivity index (χ4v) is 2.95. The minimum atomic E-state index is 0.0214. The Bertz CT molecular complexity index is 436. The summed E-state index contributed by atoms with van der Waals surface area (Å²) in [5.41, 5.74) is 2.69. The largest absolute Gasteiger partial charge is 0.508 e. The molecule has 0 spiro atoms. The van der Waals surface area contributed by atoms with Gasteiger partial charge in [0.05, 0.1) is 0 Å². The van der Waals surface area contributed by atoms with Crippen molar-refractivity contribution in [3.05, 3.63) is 29.3 Å². The van der Waals surface area contributed by atoms with Gasteiger partial charge in [-0.15, -0.1) is 0 Å². The zero-order valence-corrected chi connectivity index (χ0v) is 13.7. The van der Waals surface area contributed by atoms with E-state index in [0.29, 0.717) is 11.8 Å². The molecule has 0 aliphatic heterocycles. The summed E-state index contributed by atoms with van der Waals surface area (Å²) in [6.07, 6.45) is 0. The summed E-state index contributed by atoms with van der Waals surface area (Å²) in [6, 6.07) is 6.11. The summed E-state index contributed by atoms with van der Waals surface area (Å²) in [5.74, 6) is 0.347. The predicted molar refractivity (Wildman–Crippen MR) is 82.7 cm³/mol. The Hall–Kier alpha value is -1.02. The molecule has 1 aromatic rings. The first-order valence-electron chi connectivity index (χ1n) is 6.94. The number of phenols is 1. The summed E-state index contributed by atoms with van der Waals surface area (Å²) < 4.78 is 0. The van der Waals surface area contributed by atoms with Gasteiger partial charge in [-0.25, -0.2) is 0 Å². The molecule has 108 valence electrons. The van der Waals surface area contributed by atoms with Gasteiger partial charge in [0.2, 0.25) is 0 Å². The van der Waals surface area contributed by atoms with Crippen molar-refractivity contribution in [3.8, 4) is 5.75 Å². The van der Waals surface area contributed by atoms with E-state index in [1.165, 1.54) is 11.1 Å². The smallest absolute Gasteiger partial charge is 0.115 e. The number of aromatic hydroxyl groups is 1. The molecule has 0 bridgehead atoms. The molecule has 1 N–H and O–H groups in total. The maximum absolute atomic E-state index is 9.81. The van der Waals surface area contributed by atoms with Crippen LogP contribution < -0.4 is 0 Å². The molecule has 2 nitrogen and oxygen atoms in total. The summed E-state index contributed by atoms with van der Waals surface area (Å²) in [7, 11) is 4.24. The molecule has 0 saturated carbocycles. The van der Waals surface area contributed by atoms with Crippen LogP contribution in [0.3, 0.4) is 0 Å². The highest BCUT2D eigenvalue weighted by atomic mass is 16.3. The van der Waals surface area contributed by atoms with Gasteiger partial charge in [-0.05, 0) is 48.2 Å². The lowest BCUT2D eigenvalue weighted by atomic mass is 9.75. The predicted octanol–water partition coefficient (Wildman–Crippen LogP) is 4.34. The molecule has 0 heterocycles. The highest BCUT2D eigenvalue weighted by Gasteiger charge is 2.32. The molecule has 0 aromatic heterocycles. The molecule has 1 rings (SSSR count). The zero-order chi connectivity index (χ0) is 15.0. The van der Waals surface area contributed by atoms with E-state index in [1.54, 1.807) is 6.07 Å². The Balaban J connectivity index is 3.48. The molecule has 0 aliphatic carbocycles. The van der Waals surface area contributed by atoms with Crippen LogP contribution >= 0.6 is 0 Å². The van der Waals surface area contributed by atoms with Crippen molar-refractivity contribution in [1.82, 2.24) is 4.90 Å². The maximum atomic E-state index is 9.81. The molecule has 2 heteroatoms. The van der Waals surface area contributed by atoms with E-state index >= 15 is 0 Å². The summed E-state index contributed by atoms with van der Waals surface area (Å²) in [4.78, 5) is 2.27. The van der Waals surface area contributed by atoms with Gasteiger partial charge in [0.1, 0.15) is 5.75 Å². The van der Waals surface area contributed by atoms with Crippen molar-refractivity contribution in [2.75, 3.05) is 14.1 Å². The van der Waals surface area contributed by atoms with Gasteiger partial charge in [0.15, 0.2) is 0 Å². The van der Waals surface area contributed by atoms with Gasteiger partial charge in [-0.1, -0.05) is 47.6 Å². The second-order valence-electron chi connectivity index (χ2n) is 7.75. The van der Waals surface area contributed by atoms with Crippen LogP contribution in [0.1, 0.15) is 58.7 Å². The summed E-state index contributed by atoms with van der Waals surface area (Å²) in [6.45, 7) is 13.4. The Morgan fingerprint density at radius 3 is 1.89 bits per heavy atom. The first kappa shape index (κ1) is 16.0. The van der Waals surface area contributed by atoms with E-state index in [4.69, 9.17) is 0 Å². The Morgan fingerprint density at radius 2 is 1.53 bits per heavy atom. The Labute approximate surface area is 118 Å². The van der Waals surface area contributed by atoms with Crippen molar-refractivity contribution in [1.29, 1.82) is 0 Å². The molecule has 0 fully saturated rings. The van der Waals surface area contributed by atoms with Crippen molar-refractivity contribution in [2.45, 2.75) is 53.0 Å². The molecule has 1 atom stereocenters. The Morgan fingerprint density at radius 1 is 1.00 bits per heavy atom. The average Bonchev–Trinajstić information content (AvgIpc) is 2.16. The highest BCUT2D eigenvalue weighted by Crippen LogP contribution is 2.42. The van der Waals surface area contributed by atoms with E-state index in [0.717, 1.165) is 0 Å². The van der Waals surface area contributed by atoms with Gasteiger partial charge in [0.25, 0.3) is 0 Å². The lowest BCUT2D eigenvalue weighted by molar-refractivity contribution is 0.152. The molecule has 1 unspecified atom stereocenters. The van der Waals surface area contributed by atoms with Gasteiger partial charge >= 0.3 is 0 Å². The van der Waals surface area contributed by atoms with Crippen LogP contribution in [0.5, 0.6) is 5.75 Å². The second kappa shape index (κ2) is 5.16. The number of rotatable bonds is 2. The molecule has 1 aromatic carbocycles. The Kier molecular flexibility index (Phi) is 4.36. The molecular weight excluding hydrogens is 234 g/mol. The van der Waals surface area contributed by atoms with Crippen molar-refractivity contribution < 1.29 is 5.11 Å². The molecule has 0 saturated heterocycles. The van der Waals surface area contributed by atoms with E-state index in [9.17, 15) is 5.11 Å². The lowest BCUT2D eigenvalue weighted by Crippen LogP contribution is -2.33. The number of hydrogen-bond donors (Lipinski definition) is 1. The quantitative estimate of drug-likeness (QED) is 0.858. The van der Waals surface area contributed by atoms with Gasteiger partial charge in [-0.2, -0.15) is 0 Å². The normalized spacial score (nSPS) is 14.8. The van der Waals surface area contributed by atoms with Crippen LogP contribution in [0.2, 0.25) is 0 Å². The fourth-order valence-electron chi connectivity index (χ4n) is 2.95. The van der Waals surface area contributed by atoms with Crippen LogP contribution in [-0.2, 0) is 5.41 Å². The SMILES string of the molecule is CN(C)C(c1ccc(O)cc1C(C)(C)C)C(C)(C)C. The molecular formula is C17H29NO. The van der Waals surface area contributed by atoms with Gasteiger partial charge in [-0.3, -0.25) is 0 Å². The fraction of sp³-hybridized carbons (Fsp3) is 0.647. The van der Waals surface area contributed by atoms with Crippen LogP contribution in [0.25, 0.3) is 0 Å². The lowest BCUT2D eigenvalue weighted by Gasteiger charge is -2.39. The average molecular weight is 263 g/mol.